The number of primary amides is 1. The van der Waals surface area contributed by atoms with Crippen LogP contribution in [-0.4, -0.2) is 83.0 Å². The molecule has 0 heterocycles. The molecule has 0 spiro atoms. The summed E-state index contributed by atoms with van der Waals surface area (Å²) >= 11 is 0. The van der Waals surface area contributed by atoms with Crippen LogP contribution in [0.4, 0.5) is 0 Å². The van der Waals surface area contributed by atoms with E-state index in [0.29, 0.717) is 0 Å². The lowest BCUT2D eigenvalue weighted by atomic mass is 10.1. The molecule has 0 aromatic rings. The van der Waals surface area contributed by atoms with Crippen molar-refractivity contribution in [2.24, 2.45) is 27.9 Å². The predicted molar refractivity (Wildman–Crippen MR) is 108 cm³/mol. The first-order chi connectivity index (χ1) is 14.8. The second kappa shape index (κ2) is 14.1. The Kier molecular flexibility index (Phi) is 12.4. The van der Waals surface area contributed by atoms with E-state index in [-0.39, 0.29) is 25.3 Å². The van der Waals surface area contributed by atoms with E-state index in [1.165, 1.54) is 0 Å². The van der Waals surface area contributed by atoms with Crippen molar-refractivity contribution in [3.63, 3.8) is 0 Å². The maximum atomic E-state index is 12.4. The fraction of sp³-hybridized carbons (Fsp3) is 0.562. The van der Waals surface area contributed by atoms with Gasteiger partial charge in [-0.25, -0.2) is 4.79 Å². The minimum atomic E-state index is -1.70. The van der Waals surface area contributed by atoms with Gasteiger partial charge in [-0.1, -0.05) is 0 Å². The number of carbonyl (C=O) groups excluding carboxylic acids is 4. The predicted octanol–water partition coefficient (Wildman–Crippen LogP) is -5.11. The normalized spacial score (nSPS) is 13.0. The topological polar surface area (TPSA) is 295 Å². The van der Waals surface area contributed by atoms with Crippen molar-refractivity contribution in [1.82, 2.24) is 16.0 Å². The molecule has 16 heteroatoms. The van der Waals surface area contributed by atoms with Gasteiger partial charge in [-0.2, -0.15) is 0 Å². The summed E-state index contributed by atoms with van der Waals surface area (Å²) in [4.78, 5) is 72.7. The van der Waals surface area contributed by atoms with Crippen LogP contribution in [0.5, 0.6) is 0 Å². The number of amides is 4. The zero-order valence-corrected chi connectivity index (χ0v) is 17.1. The van der Waals surface area contributed by atoms with E-state index < -0.39 is 73.1 Å². The number of hydrogen-bond donors (Lipinski definition) is 9. The Morgan fingerprint density at radius 1 is 0.875 bits per heavy atom. The molecule has 0 saturated carbocycles. The average molecular weight is 460 g/mol. The molecule has 3 atom stereocenters. The number of nitrogens with two attached hydrogens (primary N) is 4. The number of carboxylic acids is 2. The molecule has 0 fully saturated rings. The van der Waals surface area contributed by atoms with E-state index in [2.05, 4.69) is 15.6 Å². The smallest absolute Gasteiger partial charge is 0.326 e. The van der Waals surface area contributed by atoms with Crippen LogP contribution in [0.2, 0.25) is 0 Å². The summed E-state index contributed by atoms with van der Waals surface area (Å²) in [5.74, 6) is -6.66. The van der Waals surface area contributed by atoms with Crippen LogP contribution in [0.15, 0.2) is 4.99 Å². The lowest BCUT2D eigenvalue weighted by molar-refractivity contribution is -0.147. The average Bonchev–Trinajstić information content (AvgIpc) is 2.66. The third-order valence-corrected chi connectivity index (χ3v) is 3.77. The van der Waals surface area contributed by atoms with Crippen molar-refractivity contribution in [1.29, 1.82) is 0 Å². The lowest BCUT2D eigenvalue weighted by Gasteiger charge is -2.20. The second-order valence-corrected chi connectivity index (χ2v) is 6.56. The Bertz CT molecular complexity index is 752. The first kappa shape index (κ1) is 28.0. The molecule has 16 nitrogen and oxygen atoms in total. The Hall–Kier alpha value is -3.95. The Morgan fingerprint density at radius 2 is 1.50 bits per heavy atom. The number of carboxylic acid groups (broad SMARTS) is 2. The number of aliphatic imine (C=N–C) groups is 1. The number of carbonyl (C=O) groups is 6. The Labute approximate surface area is 182 Å². The second-order valence-electron chi connectivity index (χ2n) is 6.56. The molecule has 0 aromatic carbocycles. The minimum absolute atomic E-state index is 0.0238. The summed E-state index contributed by atoms with van der Waals surface area (Å²) in [6.45, 7) is -0.568. The molecular formula is C16H28N8O8. The maximum absolute atomic E-state index is 12.4. The summed E-state index contributed by atoms with van der Waals surface area (Å²) in [5.41, 5.74) is 20.9. The van der Waals surface area contributed by atoms with Crippen LogP contribution in [0, 0.1) is 0 Å². The molecule has 32 heavy (non-hydrogen) atoms. The fourth-order valence-electron chi connectivity index (χ4n) is 2.27. The molecule has 180 valence electrons. The molecule has 4 amide bonds. The van der Waals surface area contributed by atoms with Gasteiger partial charge in [0.1, 0.15) is 12.1 Å². The highest BCUT2D eigenvalue weighted by atomic mass is 16.4. The van der Waals surface area contributed by atoms with E-state index in [9.17, 15) is 28.8 Å². The largest absolute Gasteiger partial charge is 0.481 e. The first-order valence-electron chi connectivity index (χ1n) is 9.24. The number of aliphatic carboxylic acids is 2. The van der Waals surface area contributed by atoms with E-state index in [1.54, 1.807) is 0 Å². The molecule has 0 rings (SSSR count). The van der Waals surface area contributed by atoms with Crippen molar-refractivity contribution >= 4 is 41.5 Å². The maximum Gasteiger partial charge on any atom is 0.326 e. The number of rotatable bonds is 15. The third kappa shape index (κ3) is 12.6. The molecule has 0 aliphatic carbocycles. The molecule has 13 N–H and O–H groups in total. The van der Waals surface area contributed by atoms with E-state index in [0.717, 1.165) is 0 Å². The van der Waals surface area contributed by atoms with Gasteiger partial charge in [0.15, 0.2) is 5.96 Å². The highest BCUT2D eigenvalue weighted by Gasteiger charge is 2.26. The molecule has 0 aliphatic rings. The summed E-state index contributed by atoms with van der Waals surface area (Å²) in [6, 6.07) is -4.20. The molecule has 0 aliphatic heterocycles. The molecule has 0 radical (unpaired) electrons. The Morgan fingerprint density at radius 3 is 2.00 bits per heavy atom. The van der Waals surface area contributed by atoms with Crippen LogP contribution in [0.1, 0.15) is 25.7 Å². The number of nitrogens with zero attached hydrogens (tertiary/aromatic N) is 1. The van der Waals surface area contributed by atoms with Crippen molar-refractivity contribution in [3.05, 3.63) is 0 Å². The molecular weight excluding hydrogens is 432 g/mol. The lowest BCUT2D eigenvalue weighted by Crippen LogP contribution is -2.54. The zero-order valence-electron chi connectivity index (χ0n) is 17.1. The van der Waals surface area contributed by atoms with Gasteiger partial charge in [0.25, 0.3) is 0 Å². The van der Waals surface area contributed by atoms with Crippen molar-refractivity contribution in [2.45, 2.75) is 43.8 Å². The molecule has 0 saturated heterocycles. The first-order valence-corrected chi connectivity index (χ1v) is 9.24. The fourth-order valence-corrected chi connectivity index (χ4v) is 2.27. The highest BCUT2D eigenvalue weighted by Crippen LogP contribution is 2.01. The van der Waals surface area contributed by atoms with Gasteiger partial charge in [-0.15, -0.1) is 0 Å². The van der Waals surface area contributed by atoms with Crippen LogP contribution in [-0.2, 0) is 28.8 Å². The summed E-state index contributed by atoms with van der Waals surface area (Å²) in [5, 5.41) is 24.1. The number of nitrogens with one attached hydrogen (secondary N) is 3. The quantitative estimate of drug-likeness (QED) is 0.0632. The SMILES string of the molecule is NC(=O)CC(N)C(=O)NC(CCCN=C(N)N)C(=O)NCC(=O)NC(CC(=O)O)C(=O)O. The van der Waals surface area contributed by atoms with Crippen LogP contribution in [0.3, 0.4) is 0 Å². The monoisotopic (exact) mass is 460 g/mol. The molecule has 3 unspecified atom stereocenters. The standard InChI is InChI=1S/C16H28N8O8/c17-7(4-10(18)25)13(29)24-8(2-1-3-21-16(19)20)14(30)22-6-11(26)23-9(15(31)32)5-12(27)28/h7-9H,1-6,17H2,(H2,18,25)(H,22,30)(H,23,26)(H,24,29)(H,27,28)(H,31,32)(H4,19,20,21). The molecule has 0 aromatic heterocycles. The van der Waals surface area contributed by atoms with E-state index >= 15 is 0 Å². The highest BCUT2D eigenvalue weighted by molar-refractivity contribution is 5.94. The number of hydrogen-bond acceptors (Lipinski definition) is 8. The van der Waals surface area contributed by atoms with E-state index in [4.69, 9.17) is 33.1 Å². The van der Waals surface area contributed by atoms with Crippen molar-refractivity contribution in [3.8, 4) is 0 Å². The zero-order chi connectivity index (χ0) is 24.8. The summed E-state index contributed by atoms with van der Waals surface area (Å²) in [6.07, 6.45) is -1.06. The van der Waals surface area contributed by atoms with E-state index in [1.807, 2.05) is 5.32 Å². The number of guanidine groups is 1. The van der Waals surface area contributed by atoms with Gasteiger partial charge in [-0.05, 0) is 12.8 Å². The van der Waals surface area contributed by atoms with Crippen LogP contribution >= 0.6 is 0 Å². The van der Waals surface area contributed by atoms with Gasteiger partial charge in [0.05, 0.1) is 25.4 Å². The third-order valence-electron chi connectivity index (χ3n) is 3.77. The van der Waals surface area contributed by atoms with Crippen LogP contribution < -0.4 is 38.9 Å². The molecule has 0 bridgehead atoms. The Balaban J connectivity index is 5.01. The van der Waals surface area contributed by atoms with Crippen molar-refractivity contribution in [2.75, 3.05) is 13.1 Å². The van der Waals surface area contributed by atoms with Crippen molar-refractivity contribution < 1.29 is 39.0 Å². The van der Waals surface area contributed by atoms with Gasteiger partial charge < -0.3 is 49.1 Å². The summed E-state index contributed by atoms with van der Waals surface area (Å²) < 4.78 is 0. The van der Waals surface area contributed by atoms with Gasteiger partial charge in [-0.3, -0.25) is 29.0 Å². The van der Waals surface area contributed by atoms with Gasteiger partial charge in [0.2, 0.25) is 23.6 Å². The summed E-state index contributed by atoms with van der Waals surface area (Å²) in [7, 11) is 0. The minimum Gasteiger partial charge on any atom is -0.481 e. The van der Waals surface area contributed by atoms with Crippen LogP contribution in [0.25, 0.3) is 0 Å². The van der Waals surface area contributed by atoms with Gasteiger partial charge >= 0.3 is 11.9 Å². The van der Waals surface area contributed by atoms with Gasteiger partial charge in [0, 0.05) is 6.54 Å².